The lowest BCUT2D eigenvalue weighted by Gasteiger charge is -2.09. The Morgan fingerprint density at radius 2 is 2.11 bits per heavy atom. The Morgan fingerprint density at radius 1 is 1.37 bits per heavy atom. The Labute approximate surface area is 109 Å². The molecule has 0 radical (unpaired) electrons. The number of rotatable bonds is 3. The van der Waals surface area contributed by atoms with Crippen molar-refractivity contribution in [3.63, 3.8) is 0 Å². The molecule has 0 spiro atoms. The molecule has 0 fully saturated rings. The molecule has 2 aromatic rings. The zero-order valence-electron chi connectivity index (χ0n) is 10.3. The van der Waals surface area contributed by atoms with Gasteiger partial charge in [0, 0.05) is 11.8 Å². The van der Waals surface area contributed by atoms with E-state index in [0.29, 0.717) is 11.4 Å². The van der Waals surface area contributed by atoms with E-state index in [4.69, 9.17) is 5.73 Å². The predicted molar refractivity (Wildman–Crippen MR) is 71.4 cm³/mol. The van der Waals surface area contributed by atoms with Gasteiger partial charge in [0.05, 0.1) is 12.8 Å². The number of phenols is 1. The summed E-state index contributed by atoms with van der Waals surface area (Å²) in [6.45, 7) is 0. The molecule has 19 heavy (non-hydrogen) atoms. The fourth-order valence-electron chi connectivity index (χ4n) is 1.57. The number of nitrogens with two attached hydrogens (primary N) is 1. The summed E-state index contributed by atoms with van der Waals surface area (Å²) in [6, 6.07) is 9.78. The maximum atomic E-state index is 11.4. The SMILES string of the molecule is COC(=O)c1cc(Nc2ccccc2O)cc(N)n1. The Hall–Kier alpha value is -2.76. The fourth-order valence-corrected chi connectivity index (χ4v) is 1.57. The number of nitrogens with zero attached hydrogens (tertiary/aromatic N) is 1. The number of pyridine rings is 1. The average Bonchev–Trinajstić information content (AvgIpc) is 2.40. The average molecular weight is 259 g/mol. The monoisotopic (exact) mass is 259 g/mol. The van der Waals surface area contributed by atoms with Gasteiger partial charge in [0.25, 0.3) is 0 Å². The van der Waals surface area contributed by atoms with Gasteiger partial charge in [0.2, 0.25) is 0 Å². The summed E-state index contributed by atoms with van der Waals surface area (Å²) < 4.78 is 4.59. The summed E-state index contributed by atoms with van der Waals surface area (Å²) in [5.74, 6) is -0.300. The van der Waals surface area contributed by atoms with Crippen molar-refractivity contribution < 1.29 is 14.6 Å². The number of aromatic hydroxyl groups is 1. The van der Waals surface area contributed by atoms with Crippen molar-refractivity contribution in [3.05, 3.63) is 42.1 Å². The van der Waals surface area contributed by atoms with Gasteiger partial charge in [0.1, 0.15) is 11.6 Å². The highest BCUT2D eigenvalue weighted by atomic mass is 16.5. The van der Waals surface area contributed by atoms with Crippen LogP contribution >= 0.6 is 0 Å². The van der Waals surface area contributed by atoms with Crippen molar-refractivity contribution >= 4 is 23.2 Å². The number of hydrogen-bond donors (Lipinski definition) is 3. The van der Waals surface area contributed by atoms with E-state index >= 15 is 0 Å². The van der Waals surface area contributed by atoms with Crippen LogP contribution in [-0.2, 0) is 4.74 Å². The zero-order valence-corrected chi connectivity index (χ0v) is 10.3. The Balaban J connectivity index is 2.33. The first kappa shape index (κ1) is 12.7. The highest BCUT2D eigenvalue weighted by Crippen LogP contribution is 2.26. The van der Waals surface area contributed by atoms with Crippen LogP contribution < -0.4 is 11.1 Å². The van der Waals surface area contributed by atoms with E-state index in [0.717, 1.165) is 0 Å². The number of aromatic nitrogens is 1. The molecule has 0 unspecified atom stereocenters. The first-order valence-corrected chi connectivity index (χ1v) is 5.51. The highest BCUT2D eigenvalue weighted by molar-refractivity contribution is 5.89. The standard InChI is InChI=1S/C13H13N3O3/c1-19-13(18)10-6-8(7-12(14)16-10)15-9-4-2-3-5-11(9)17/h2-7,17H,1H3,(H3,14,15,16). The molecule has 1 aromatic heterocycles. The number of benzene rings is 1. The van der Waals surface area contributed by atoms with Gasteiger partial charge in [-0.3, -0.25) is 0 Å². The van der Waals surface area contributed by atoms with Gasteiger partial charge in [-0.25, -0.2) is 9.78 Å². The van der Waals surface area contributed by atoms with Crippen LogP contribution in [0.15, 0.2) is 36.4 Å². The molecule has 6 nitrogen and oxygen atoms in total. The van der Waals surface area contributed by atoms with Crippen molar-refractivity contribution in [2.45, 2.75) is 0 Å². The van der Waals surface area contributed by atoms with Crippen LogP contribution in [0.1, 0.15) is 10.5 Å². The van der Waals surface area contributed by atoms with E-state index in [1.807, 2.05) is 0 Å². The highest BCUT2D eigenvalue weighted by Gasteiger charge is 2.10. The topological polar surface area (TPSA) is 97.5 Å². The number of methoxy groups -OCH3 is 1. The molecule has 1 aromatic carbocycles. The first-order valence-electron chi connectivity index (χ1n) is 5.51. The summed E-state index contributed by atoms with van der Waals surface area (Å²) in [6.07, 6.45) is 0. The van der Waals surface area contributed by atoms with Crippen molar-refractivity contribution in [1.29, 1.82) is 0 Å². The predicted octanol–water partition coefficient (Wildman–Crippen LogP) is 1.90. The van der Waals surface area contributed by atoms with Crippen molar-refractivity contribution in [2.75, 3.05) is 18.2 Å². The molecular formula is C13H13N3O3. The van der Waals surface area contributed by atoms with Crippen LogP contribution in [-0.4, -0.2) is 23.2 Å². The van der Waals surface area contributed by atoms with Crippen molar-refractivity contribution in [2.24, 2.45) is 0 Å². The Morgan fingerprint density at radius 3 is 2.79 bits per heavy atom. The summed E-state index contributed by atoms with van der Waals surface area (Å²) in [5, 5.41) is 12.6. The first-order chi connectivity index (χ1) is 9.10. The molecule has 0 aliphatic carbocycles. The number of carbonyl (C=O) groups excluding carboxylic acids is 1. The summed E-state index contributed by atoms with van der Waals surface area (Å²) >= 11 is 0. The number of hydrogen-bond acceptors (Lipinski definition) is 6. The molecule has 98 valence electrons. The lowest BCUT2D eigenvalue weighted by molar-refractivity contribution is 0.0594. The second-order valence-corrected chi connectivity index (χ2v) is 3.80. The molecule has 0 saturated heterocycles. The van der Waals surface area contributed by atoms with Gasteiger partial charge in [0.15, 0.2) is 5.69 Å². The molecule has 1 heterocycles. The lowest BCUT2D eigenvalue weighted by Crippen LogP contribution is -2.07. The minimum Gasteiger partial charge on any atom is -0.506 e. The fraction of sp³-hybridized carbons (Fsp3) is 0.0769. The van der Waals surface area contributed by atoms with Crippen LogP contribution in [0.4, 0.5) is 17.2 Å². The van der Waals surface area contributed by atoms with Gasteiger partial charge in [-0.15, -0.1) is 0 Å². The molecule has 0 saturated carbocycles. The van der Waals surface area contributed by atoms with Crippen LogP contribution in [0.25, 0.3) is 0 Å². The Kier molecular flexibility index (Phi) is 3.51. The van der Waals surface area contributed by atoms with E-state index < -0.39 is 5.97 Å². The molecule has 0 amide bonds. The summed E-state index contributed by atoms with van der Waals surface area (Å²) in [5.41, 5.74) is 6.76. The molecule has 4 N–H and O–H groups in total. The molecular weight excluding hydrogens is 246 g/mol. The van der Waals surface area contributed by atoms with Crippen LogP contribution in [0.5, 0.6) is 5.75 Å². The number of nitrogens with one attached hydrogen (secondary N) is 1. The molecule has 0 bridgehead atoms. The molecule has 2 rings (SSSR count). The maximum absolute atomic E-state index is 11.4. The quantitative estimate of drug-likeness (QED) is 0.575. The van der Waals surface area contributed by atoms with Gasteiger partial charge < -0.3 is 20.9 Å². The number of para-hydroxylation sites is 2. The van der Waals surface area contributed by atoms with E-state index in [9.17, 15) is 9.90 Å². The number of nitrogen functional groups attached to an aromatic ring is 1. The van der Waals surface area contributed by atoms with Gasteiger partial charge in [-0.2, -0.15) is 0 Å². The third kappa shape index (κ3) is 2.92. The molecule has 0 atom stereocenters. The summed E-state index contributed by atoms with van der Waals surface area (Å²) in [7, 11) is 1.27. The van der Waals surface area contributed by atoms with Gasteiger partial charge in [-0.05, 0) is 18.2 Å². The number of anilines is 3. The number of esters is 1. The number of carbonyl (C=O) groups is 1. The minimum absolute atomic E-state index is 0.0949. The van der Waals surface area contributed by atoms with Crippen molar-refractivity contribution in [1.82, 2.24) is 4.98 Å². The van der Waals surface area contributed by atoms with Crippen LogP contribution in [0.2, 0.25) is 0 Å². The molecule has 0 aliphatic rings. The third-order valence-electron chi connectivity index (χ3n) is 2.42. The second kappa shape index (κ2) is 5.26. The zero-order chi connectivity index (χ0) is 13.8. The van der Waals surface area contributed by atoms with E-state index in [-0.39, 0.29) is 17.3 Å². The largest absolute Gasteiger partial charge is 0.506 e. The minimum atomic E-state index is -0.576. The van der Waals surface area contributed by atoms with E-state index in [2.05, 4.69) is 15.0 Å². The lowest BCUT2D eigenvalue weighted by atomic mass is 10.2. The summed E-state index contributed by atoms with van der Waals surface area (Å²) in [4.78, 5) is 15.3. The number of phenolic OH excluding ortho intramolecular Hbond substituents is 1. The van der Waals surface area contributed by atoms with Crippen LogP contribution in [0.3, 0.4) is 0 Å². The smallest absolute Gasteiger partial charge is 0.356 e. The maximum Gasteiger partial charge on any atom is 0.356 e. The van der Waals surface area contributed by atoms with E-state index in [1.165, 1.54) is 13.2 Å². The number of ether oxygens (including phenoxy) is 1. The normalized spacial score (nSPS) is 9.95. The van der Waals surface area contributed by atoms with E-state index in [1.54, 1.807) is 30.3 Å². The second-order valence-electron chi connectivity index (χ2n) is 3.80. The van der Waals surface area contributed by atoms with Gasteiger partial charge in [-0.1, -0.05) is 12.1 Å². The third-order valence-corrected chi connectivity index (χ3v) is 2.42. The van der Waals surface area contributed by atoms with Crippen molar-refractivity contribution in [3.8, 4) is 5.75 Å². The molecule has 0 aliphatic heterocycles. The molecule has 6 heteroatoms. The van der Waals surface area contributed by atoms with Gasteiger partial charge >= 0.3 is 5.97 Å². The Bertz CT molecular complexity index is 614. The van der Waals surface area contributed by atoms with Crippen LogP contribution in [0, 0.1) is 0 Å².